The molecule has 0 fully saturated rings. The first-order valence-electron chi connectivity index (χ1n) is 5.29. The number of halogens is 3. The maximum Gasteiger partial charge on any atom is 0.416 e. The summed E-state index contributed by atoms with van der Waals surface area (Å²) in [6.45, 7) is 1.78. The monoisotopic (exact) mass is 288 g/mol. The van der Waals surface area contributed by atoms with Crippen LogP contribution in [-0.2, 0) is 13.2 Å². The summed E-state index contributed by atoms with van der Waals surface area (Å²) in [7, 11) is 1.78. The van der Waals surface area contributed by atoms with Crippen molar-refractivity contribution in [1.82, 2.24) is 14.8 Å². The number of anilines is 1. The van der Waals surface area contributed by atoms with E-state index in [4.69, 9.17) is 5.73 Å². The van der Waals surface area contributed by atoms with Gasteiger partial charge in [0.25, 0.3) is 0 Å². The van der Waals surface area contributed by atoms with Gasteiger partial charge in [-0.2, -0.15) is 13.2 Å². The van der Waals surface area contributed by atoms with Gasteiger partial charge in [0, 0.05) is 17.6 Å². The van der Waals surface area contributed by atoms with Crippen molar-refractivity contribution in [2.75, 3.05) is 5.73 Å². The lowest BCUT2D eigenvalue weighted by Crippen LogP contribution is -2.06. The Balaban J connectivity index is 2.30. The molecule has 2 rings (SSSR count). The van der Waals surface area contributed by atoms with Crippen LogP contribution in [0.15, 0.2) is 28.3 Å². The van der Waals surface area contributed by atoms with Gasteiger partial charge in [0.2, 0.25) is 0 Å². The molecule has 0 amide bonds. The lowest BCUT2D eigenvalue weighted by molar-refractivity contribution is -0.137. The third kappa shape index (κ3) is 2.83. The second-order valence-electron chi connectivity index (χ2n) is 3.94. The van der Waals surface area contributed by atoms with E-state index in [0.29, 0.717) is 15.9 Å². The van der Waals surface area contributed by atoms with Crippen molar-refractivity contribution in [2.24, 2.45) is 7.05 Å². The van der Waals surface area contributed by atoms with Gasteiger partial charge in [0.1, 0.15) is 5.82 Å². The van der Waals surface area contributed by atoms with Crippen LogP contribution in [-0.4, -0.2) is 14.8 Å². The van der Waals surface area contributed by atoms with Gasteiger partial charge in [-0.1, -0.05) is 0 Å². The van der Waals surface area contributed by atoms with Crippen LogP contribution in [0.1, 0.15) is 11.4 Å². The molecule has 102 valence electrons. The maximum atomic E-state index is 12.5. The number of benzene rings is 1. The van der Waals surface area contributed by atoms with Crippen LogP contribution in [0, 0.1) is 6.92 Å². The van der Waals surface area contributed by atoms with E-state index in [1.54, 1.807) is 18.5 Å². The lowest BCUT2D eigenvalue weighted by Gasteiger charge is -2.10. The van der Waals surface area contributed by atoms with E-state index < -0.39 is 11.7 Å². The van der Waals surface area contributed by atoms with E-state index in [0.717, 1.165) is 12.1 Å². The Morgan fingerprint density at radius 3 is 2.42 bits per heavy atom. The van der Waals surface area contributed by atoms with Gasteiger partial charge in [-0.3, -0.25) is 0 Å². The number of nitrogens with two attached hydrogens (primary N) is 1. The highest BCUT2D eigenvalue weighted by Gasteiger charge is 2.30. The van der Waals surface area contributed by atoms with Crippen molar-refractivity contribution in [3.63, 3.8) is 0 Å². The molecule has 0 radical (unpaired) electrons. The summed E-state index contributed by atoms with van der Waals surface area (Å²) in [5.41, 5.74) is 4.95. The van der Waals surface area contributed by atoms with Gasteiger partial charge in [-0.05, 0) is 36.9 Å². The summed E-state index contributed by atoms with van der Waals surface area (Å²) in [4.78, 5) is 0.517. The number of aryl methyl sites for hydroxylation is 1. The molecule has 19 heavy (non-hydrogen) atoms. The van der Waals surface area contributed by atoms with Gasteiger partial charge >= 0.3 is 6.18 Å². The average Bonchev–Trinajstić information content (AvgIpc) is 2.62. The lowest BCUT2D eigenvalue weighted by atomic mass is 10.2. The summed E-state index contributed by atoms with van der Waals surface area (Å²) < 4.78 is 39.3. The summed E-state index contributed by atoms with van der Waals surface area (Å²) in [6.07, 6.45) is -4.39. The van der Waals surface area contributed by atoms with Gasteiger partial charge in [0.05, 0.1) is 5.56 Å². The summed E-state index contributed by atoms with van der Waals surface area (Å²) in [5.74, 6) is 0.716. The summed E-state index contributed by atoms with van der Waals surface area (Å²) >= 11 is 1.18. The molecular weight excluding hydrogens is 277 g/mol. The molecule has 0 saturated carbocycles. The molecule has 2 N–H and O–H groups in total. The highest BCUT2D eigenvalue weighted by molar-refractivity contribution is 7.99. The van der Waals surface area contributed by atoms with Crippen molar-refractivity contribution >= 4 is 17.4 Å². The molecule has 8 heteroatoms. The van der Waals surface area contributed by atoms with E-state index in [9.17, 15) is 13.2 Å². The van der Waals surface area contributed by atoms with Crippen LogP contribution in [0.25, 0.3) is 0 Å². The van der Waals surface area contributed by atoms with E-state index in [-0.39, 0.29) is 5.69 Å². The fourth-order valence-electron chi connectivity index (χ4n) is 1.39. The van der Waals surface area contributed by atoms with Crippen LogP contribution in [0.3, 0.4) is 0 Å². The third-order valence-corrected chi connectivity index (χ3v) is 3.72. The topological polar surface area (TPSA) is 56.7 Å². The van der Waals surface area contributed by atoms with Crippen LogP contribution in [0.2, 0.25) is 0 Å². The molecule has 2 aromatic rings. The normalized spacial score (nSPS) is 11.8. The summed E-state index contributed by atoms with van der Waals surface area (Å²) in [6, 6.07) is 3.26. The van der Waals surface area contributed by atoms with Crippen molar-refractivity contribution in [1.29, 1.82) is 0 Å². The van der Waals surface area contributed by atoms with Crippen molar-refractivity contribution in [3.05, 3.63) is 29.6 Å². The minimum Gasteiger partial charge on any atom is -0.398 e. The molecule has 0 atom stereocenters. The fourth-order valence-corrected chi connectivity index (χ4v) is 2.25. The van der Waals surface area contributed by atoms with Crippen LogP contribution in [0.4, 0.5) is 18.9 Å². The van der Waals surface area contributed by atoms with Gasteiger partial charge < -0.3 is 10.3 Å². The zero-order chi connectivity index (χ0) is 14.2. The van der Waals surface area contributed by atoms with E-state index in [1.165, 1.54) is 17.8 Å². The fraction of sp³-hybridized carbons (Fsp3) is 0.273. The minimum absolute atomic E-state index is 0.0699. The van der Waals surface area contributed by atoms with E-state index in [1.807, 2.05) is 0 Å². The van der Waals surface area contributed by atoms with Gasteiger partial charge in [-0.25, -0.2) is 0 Å². The number of aromatic nitrogens is 3. The summed E-state index contributed by atoms with van der Waals surface area (Å²) in [5, 5.41) is 8.36. The first-order valence-corrected chi connectivity index (χ1v) is 6.11. The number of alkyl halides is 3. The van der Waals surface area contributed by atoms with Crippen molar-refractivity contribution in [3.8, 4) is 0 Å². The Labute approximate surface area is 111 Å². The van der Waals surface area contributed by atoms with E-state index >= 15 is 0 Å². The molecule has 0 unspecified atom stereocenters. The minimum atomic E-state index is -4.39. The Hall–Kier alpha value is -1.70. The van der Waals surface area contributed by atoms with Gasteiger partial charge in [0.15, 0.2) is 5.16 Å². The second kappa shape index (κ2) is 4.76. The number of hydrogen-bond acceptors (Lipinski definition) is 4. The standard InChI is InChI=1S/C11H11F3N4S/c1-6-16-17-10(18(6)2)19-9-4-3-7(5-8(9)15)11(12,13)14/h3-5H,15H2,1-2H3. The smallest absolute Gasteiger partial charge is 0.398 e. The average molecular weight is 288 g/mol. The SMILES string of the molecule is Cc1nnc(Sc2ccc(C(F)(F)F)cc2N)n1C. The zero-order valence-electron chi connectivity index (χ0n) is 10.2. The largest absolute Gasteiger partial charge is 0.416 e. The van der Waals surface area contributed by atoms with Crippen LogP contribution >= 0.6 is 11.8 Å². The third-order valence-electron chi connectivity index (χ3n) is 2.59. The predicted molar refractivity (Wildman–Crippen MR) is 65.7 cm³/mol. The maximum absolute atomic E-state index is 12.5. The van der Waals surface area contributed by atoms with Crippen molar-refractivity contribution < 1.29 is 13.2 Å². The van der Waals surface area contributed by atoms with Crippen LogP contribution in [0.5, 0.6) is 0 Å². The zero-order valence-corrected chi connectivity index (χ0v) is 11.0. The predicted octanol–water partition coefficient (Wildman–Crippen LogP) is 2.88. The van der Waals surface area contributed by atoms with Crippen LogP contribution < -0.4 is 5.73 Å². The second-order valence-corrected chi connectivity index (χ2v) is 4.95. The molecular formula is C11H11F3N4S. The highest BCUT2D eigenvalue weighted by Crippen LogP contribution is 2.36. The molecule has 0 aliphatic heterocycles. The number of nitrogen functional groups attached to an aromatic ring is 1. The number of hydrogen-bond donors (Lipinski definition) is 1. The number of nitrogens with zero attached hydrogens (tertiary/aromatic N) is 3. The molecule has 0 saturated heterocycles. The first kappa shape index (κ1) is 13.7. The Morgan fingerprint density at radius 1 is 1.26 bits per heavy atom. The molecule has 0 aliphatic rings. The van der Waals surface area contributed by atoms with Gasteiger partial charge in [-0.15, -0.1) is 10.2 Å². The first-order chi connectivity index (χ1) is 8.79. The molecule has 0 aliphatic carbocycles. The quantitative estimate of drug-likeness (QED) is 0.863. The Morgan fingerprint density at radius 2 is 1.95 bits per heavy atom. The molecule has 1 aromatic carbocycles. The molecule has 1 heterocycles. The molecule has 1 aromatic heterocycles. The van der Waals surface area contributed by atoms with E-state index in [2.05, 4.69) is 10.2 Å². The number of rotatable bonds is 2. The van der Waals surface area contributed by atoms with Crippen molar-refractivity contribution in [2.45, 2.75) is 23.2 Å². The molecule has 0 spiro atoms. The Kier molecular flexibility index (Phi) is 3.44. The highest BCUT2D eigenvalue weighted by atomic mass is 32.2. The molecule has 0 bridgehead atoms. The Bertz CT molecular complexity index is 606. The molecule has 4 nitrogen and oxygen atoms in total.